The monoisotopic (exact) mass is 313 g/mol. The Morgan fingerprint density at radius 1 is 1.22 bits per heavy atom. The van der Waals surface area contributed by atoms with Crippen molar-refractivity contribution in [2.24, 2.45) is 0 Å². The zero-order valence-electron chi connectivity index (χ0n) is 11.6. The molecule has 2 unspecified atom stereocenters. The van der Waals surface area contributed by atoms with E-state index in [-0.39, 0.29) is 6.10 Å². The molecule has 18 heavy (non-hydrogen) atoms. The van der Waals surface area contributed by atoms with Gasteiger partial charge in [0.25, 0.3) is 0 Å². The van der Waals surface area contributed by atoms with Gasteiger partial charge in [-0.1, -0.05) is 41.4 Å². The van der Waals surface area contributed by atoms with Gasteiger partial charge in [-0.25, -0.2) is 0 Å². The minimum atomic E-state index is 0.243. The van der Waals surface area contributed by atoms with Crippen molar-refractivity contribution in [3.8, 4) is 0 Å². The molecule has 0 heterocycles. The first-order valence-electron chi connectivity index (χ1n) is 6.71. The van der Waals surface area contributed by atoms with E-state index in [4.69, 9.17) is 4.74 Å². The fourth-order valence-electron chi connectivity index (χ4n) is 1.78. The van der Waals surface area contributed by atoms with Crippen molar-refractivity contribution >= 4 is 15.9 Å². The summed E-state index contributed by atoms with van der Waals surface area (Å²) in [5.41, 5.74) is 1.21. The highest BCUT2D eigenvalue weighted by atomic mass is 79.9. The van der Waals surface area contributed by atoms with Crippen LogP contribution < -0.4 is 5.32 Å². The molecule has 0 radical (unpaired) electrons. The molecule has 1 rings (SSSR count). The predicted molar refractivity (Wildman–Crippen MR) is 80.8 cm³/mol. The van der Waals surface area contributed by atoms with E-state index in [2.05, 4.69) is 54.2 Å². The van der Waals surface area contributed by atoms with Crippen molar-refractivity contribution in [3.63, 3.8) is 0 Å². The van der Waals surface area contributed by atoms with Crippen LogP contribution in [0.25, 0.3) is 0 Å². The maximum atomic E-state index is 5.82. The summed E-state index contributed by atoms with van der Waals surface area (Å²) < 4.78 is 6.92. The Morgan fingerprint density at radius 3 is 2.50 bits per heavy atom. The first-order chi connectivity index (χ1) is 8.61. The van der Waals surface area contributed by atoms with Crippen LogP contribution in [0.3, 0.4) is 0 Å². The van der Waals surface area contributed by atoms with Crippen LogP contribution >= 0.6 is 15.9 Å². The van der Waals surface area contributed by atoms with E-state index in [9.17, 15) is 0 Å². The van der Waals surface area contributed by atoms with E-state index < -0.39 is 0 Å². The molecule has 0 bridgehead atoms. The van der Waals surface area contributed by atoms with Gasteiger partial charge < -0.3 is 10.1 Å². The number of halogens is 1. The molecule has 0 aliphatic carbocycles. The second kappa shape index (κ2) is 8.68. The first-order valence-corrected chi connectivity index (χ1v) is 7.50. The fraction of sp³-hybridized carbons (Fsp3) is 0.600. The van der Waals surface area contributed by atoms with E-state index in [1.165, 1.54) is 18.4 Å². The number of hydrogen-bond acceptors (Lipinski definition) is 2. The summed E-state index contributed by atoms with van der Waals surface area (Å²) in [6.07, 6.45) is 2.69. The van der Waals surface area contributed by atoms with Crippen LogP contribution in [0, 0.1) is 0 Å². The Labute approximate surface area is 119 Å². The lowest BCUT2D eigenvalue weighted by molar-refractivity contribution is 0.0515. The summed E-state index contributed by atoms with van der Waals surface area (Å²) >= 11 is 3.43. The Hall–Kier alpha value is -0.380. The van der Waals surface area contributed by atoms with Gasteiger partial charge >= 0.3 is 0 Å². The van der Waals surface area contributed by atoms with E-state index in [0.717, 1.165) is 11.0 Å². The van der Waals surface area contributed by atoms with Crippen LogP contribution in [-0.2, 0) is 11.3 Å². The number of hydrogen-bond donors (Lipinski definition) is 1. The Bertz CT molecular complexity index is 326. The molecule has 2 nitrogen and oxygen atoms in total. The molecule has 0 saturated carbocycles. The molecule has 0 fully saturated rings. The van der Waals surface area contributed by atoms with Crippen LogP contribution in [0.2, 0.25) is 0 Å². The van der Waals surface area contributed by atoms with Gasteiger partial charge in [-0.05, 0) is 38.0 Å². The van der Waals surface area contributed by atoms with Crippen LogP contribution in [0.1, 0.15) is 39.2 Å². The lowest BCUT2D eigenvalue weighted by Gasteiger charge is -2.18. The SMILES string of the molecule is CCCC(C)NCC(C)OCc1ccc(Br)cc1. The van der Waals surface area contributed by atoms with Crippen molar-refractivity contribution in [1.82, 2.24) is 5.32 Å². The average molecular weight is 314 g/mol. The van der Waals surface area contributed by atoms with Crippen LogP contribution in [-0.4, -0.2) is 18.7 Å². The van der Waals surface area contributed by atoms with E-state index in [1.807, 2.05) is 12.1 Å². The highest BCUT2D eigenvalue weighted by Gasteiger charge is 2.05. The molecule has 0 aliphatic heterocycles. The second-order valence-electron chi connectivity index (χ2n) is 4.85. The Kier molecular flexibility index (Phi) is 7.56. The molecule has 1 N–H and O–H groups in total. The highest BCUT2D eigenvalue weighted by Crippen LogP contribution is 2.11. The number of rotatable bonds is 8. The fourth-order valence-corrected chi connectivity index (χ4v) is 2.04. The zero-order chi connectivity index (χ0) is 13.4. The summed E-state index contributed by atoms with van der Waals surface area (Å²) in [5, 5.41) is 3.50. The average Bonchev–Trinajstić information content (AvgIpc) is 2.36. The standard InChI is InChI=1S/C15H24BrNO/c1-4-5-12(2)17-10-13(3)18-11-14-6-8-15(16)9-7-14/h6-9,12-13,17H,4-5,10-11H2,1-3H3. The lowest BCUT2D eigenvalue weighted by atomic mass is 10.2. The van der Waals surface area contributed by atoms with Gasteiger partial charge in [0.2, 0.25) is 0 Å². The van der Waals surface area contributed by atoms with Gasteiger partial charge in [-0.15, -0.1) is 0 Å². The summed E-state index contributed by atoms with van der Waals surface area (Å²) in [7, 11) is 0. The summed E-state index contributed by atoms with van der Waals surface area (Å²) in [5.74, 6) is 0. The number of ether oxygens (including phenoxy) is 1. The Balaban J connectivity index is 2.20. The minimum absolute atomic E-state index is 0.243. The van der Waals surface area contributed by atoms with Gasteiger partial charge in [-0.2, -0.15) is 0 Å². The van der Waals surface area contributed by atoms with Gasteiger partial charge in [0.1, 0.15) is 0 Å². The molecule has 3 heteroatoms. The van der Waals surface area contributed by atoms with Crippen molar-refractivity contribution in [3.05, 3.63) is 34.3 Å². The van der Waals surface area contributed by atoms with Crippen molar-refractivity contribution < 1.29 is 4.74 Å². The molecule has 102 valence electrons. The summed E-state index contributed by atoms with van der Waals surface area (Å²) in [6, 6.07) is 8.85. The van der Waals surface area contributed by atoms with Crippen molar-refractivity contribution in [1.29, 1.82) is 0 Å². The predicted octanol–water partition coefficient (Wildman–Crippen LogP) is 4.13. The number of benzene rings is 1. The maximum Gasteiger partial charge on any atom is 0.0721 e. The molecular weight excluding hydrogens is 290 g/mol. The highest BCUT2D eigenvalue weighted by molar-refractivity contribution is 9.10. The normalized spacial score (nSPS) is 14.4. The minimum Gasteiger partial charge on any atom is -0.373 e. The largest absolute Gasteiger partial charge is 0.373 e. The molecule has 0 spiro atoms. The van der Waals surface area contributed by atoms with Crippen LogP contribution in [0.15, 0.2) is 28.7 Å². The second-order valence-corrected chi connectivity index (χ2v) is 5.76. The van der Waals surface area contributed by atoms with Crippen LogP contribution in [0.4, 0.5) is 0 Å². The first kappa shape index (κ1) is 15.7. The summed E-state index contributed by atoms with van der Waals surface area (Å²) in [4.78, 5) is 0. The van der Waals surface area contributed by atoms with Gasteiger partial charge in [0, 0.05) is 17.1 Å². The van der Waals surface area contributed by atoms with Crippen LogP contribution in [0.5, 0.6) is 0 Å². The molecular formula is C15H24BrNO. The zero-order valence-corrected chi connectivity index (χ0v) is 13.2. The third-order valence-electron chi connectivity index (χ3n) is 2.92. The van der Waals surface area contributed by atoms with Gasteiger partial charge in [0.15, 0.2) is 0 Å². The van der Waals surface area contributed by atoms with Crippen molar-refractivity contribution in [2.75, 3.05) is 6.54 Å². The van der Waals surface area contributed by atoms with Gasteiger partial charge in [0.05, 0.1) is 12.7 Å². The third-order valence-corrected chi connectivity index (χ3v) is 3.45. The Morgan fingerprint density at radius 2 is 1.89 bits per heavy atom. The third kappa shape index (κ3) is 6.53. The smallest absolute Gasteiger partial charge is 0.0721 e. The molecule has 0 aliphatic rings. The van der Waals surface area contributed by atoms with Crippen molar-refractivity contribution in [2.45, 2.75) is 52.4 Å². The molecule has 0 saturated heterocycles. The van der Waals surface area contributed by atoms with E-state index in [1.54, 1.807) is 0 Å². The van der Waals surface area contributed by atoms with E-state index >= 15 is 0 Å². The topological polar surface area (TPSA) is 21.3 Å². The molecule has 1 aromatic carbocycles. The lowest BCUT2D eigenvalue weighted by Crippen LogP contribution is -2.33. The quantitative estimate of drug-likeness (QED) is 0.779. The number of nitrogens with one attached hydrogen (secondary N) is 1. The molecule has 0 aromatic heterocycles. The molecule has 1 aromatic rings. The van der Waals surface area contributed by atoms with Gasteiger partial charge in [-0.3, -0.25) is 0 Å². The molecule has 0 amide bonds. The maximum absolute atomic E-state index is 5.82. The molecule has 2 atom stereocenters. The summed E-state index contributed by atoms with van der Waals surface area (Å²) in [6.45, 7) is 8.15. The van der Waals surface area contributed by atoms with E-state index in [0.29, 0.717) is 12.6 Å².